The van der Waals surface area contributed by atoms with E-state index < -0.39 is 0 Å². The van der Waals surface area contributed by atoms with E-state index in [9.17, 15) is 4.79 Å². The average Bonchev–Trinajstić information content (AvgIpc) is 3.26. The Morgan fingerprint density at radius 3 is 2.54 bits per heavy atom. The highest BCUT2D eigenvalue weighted by Gasteiger charge is 2.46. The fourth-order valence-electron chi connectivity index (χ4n) is 5.11. The van der Waals surface area contributed by atoms with Crippen molar-refractivity contribution in [1.82, 2.24) is 0 Å². The van der Waals surface area contributed by atoms with E-state index in [2.05, 4.69) is 57.2 Å². The molecular weight excluding hydrogens is 324 g/mol. The normalized spacial score (nSPS) is 36.3. The Kier molecular flexibility index (Phi) is 4.68. The summed E-state index contributed by atoms with van der Waals surface area (Å²) < 4.78 is 11.9. The number of ether oxygens (including phenoxy) is 2. The van der Waals surface area contributed by atoms with Crippen molar-refractivity contribution in [3.63, 3.8) is 0 Å². The van der Waals surface area contributed by atoms with Crippen LogP contribution in [0, 0.1) is 17.8 Å². The molecule has 0 unspecified atom stereocenters. The maximum atomic E-state index is 12.9. The molecule has 2 heterocycles. The third kappa shape index (κ3) is 3.22. The average molecular weight is 354 g/mol. The van der Waals surface area contributed by atoms with Gasteiger partial charge in [0.1, 0.15) is 6.10 Å². The summed E-state index contributed by atoms with van der Waals surface area (Å²) in [5.41, 5.74) is 1.31. The lowest BCUT2D eigenvalue weighted by atomic mass is 9.64. The molecule has 3 nitrogen and oxygen atoms in total. The van der Waals surface area contributed by atoms with Crippen molar-refractivity contribution in [2.24, 2.45) is 17.8 Å². The predicted octanol–water partition coefficient (Wildman–Crippen LogP) is 4.66. The minimum Gasteiger partial charge on any atom is -0.462 e. The second-order valence-electron chi connectivity index (χ2n) is 8.95. The lowest BCUT2D eigenvalue weighted by Gasteiger charge is -2.44. The van der Waals surface area contributed by atoms with Gasteiger partial charge in [-0.15, -0.1) is 0 Å². The Hall–Kier alpha value is -1.61. The molecule has 1 saturated carbocycles. The summed E-state index contributed by atoms with van der Waals surface area (Å²) in [6, 6.07) is 10.7. The number of benzene rings is 1. The summed E-state index contributed by atoms with van der Waals surface area (Å²) in [5.74, 6) is 0.768. The number of hydrogen-bond donors (Lipinski definition) is 0. The summed E-state index contributed by atoms with van der Waals surface area (Å²) >= 11 is 0. The zero-order chi connectivity index (χ0) is 18.3. The van der Waals surface area contributed by atoms with Gasteiger partial charge in [-0.1, -0.05) is 69.7 Å². The zero-order valence-electron chi connectivity index (χ0n) is 16.1. The molecule has 1 aliphatic carbocycles. The van der Waals surface area contributed by atoms with Gasteiger partial charge in [0.25, 0.3) is 0 Å². The molecule has 3 aliphatic rings. The molecule has 2 fully saturated rings. The number of carbonyl (C=O) groups is 1. The van der Waals surface area contributed by atoms with Gasteiger partial charge in [-0.25, -0.2) is 0 Å². The van der Waals surface area contributed by atoms with Crippen LogP contribution in [0.5, 0.6) is 0 Å². The van der Waals surface area contributed by atoms with E-state index in [-0.39, 0.29) is 35.6 Å². The van der Waals surface area contributed by atoms with Crippen LogP contribution >= 0.6 is 0 Å². The van der Waals surface area contributed by atoms with Crippen molar-refractivity contribution >= 4 is 5.97 Å². The van der Waals surface area contributed by atoms with Crippen molar-refractivity contribution in [1.29, 1.82) is 0 Å². The molecule has 3 heteroatoms. The minimum absolute atomic E-state index is 0.00966. The highest BCUT2D eigenvalue weighted by Crippen LogP contribution is 2.44. The maximum absolute atomic E-state index is 12.9. The molecule has 1 aromatic rings. The Labute approximate surface area is 156 Å². The standard InChI is InChI=1S/C23H30O3/c1-15-9-11-19(23(2,3)16-7-5-4-6-8-16)21(13-15)26-22(24)18-14-17-10-12-20(18)25-17/h4-8,10,12,15,17-21H,9,11,13-14H2,1-3H3/t15-,17+,18+,19-,20-,21-/m1/s1. The Bertz CT molecular complexity index is 678. The van der Waals surface area contributed by atoms with Crippen LogP contribution < -0.4 is 0 Å². The molecule has 1 aromatic carbocycles. The van der Waals surface area contributed by atoms with E-state index in [1.54, 1.807) is 0 Å². The van der Waals surface area contributed by atoms with E-state index in [0.717, 1.165) is 19.3 Å². The van der Waals surface area contributed by atoms with Crippen LogP contribution in [0.4, 0.5) is 0 Å². The molecule has 0 radical (unpaired) electrons. The molecule has 2 bridgehead atoms. The number of esters is 1. The molecule has 2 aliphatic heterocycles. The zero-order valence-corrected chi connectivity index (χ0v) is 16.1. The quantitative estimate of drug-likeness (QED) is 0.583. The lowest BCUT2D eigenvalue weighted by molar-refractivity contribution is -0.162. The highest BCUT2D eigenvalue weighted by atomic mass is 16.6. The summed E-state index contributed by atoms with van der Waals surface area (Å²) in [5, 5.41) is 0. The van der Waals surface area contributed by atoms with Crippen LogP contribution in [0.25, 0.3) is 0 Å². The van der Waals surface area contributed by atoms with Gasteiger partial charge in [-0.05, 0) is 36.2 Å². The molecule has 140 valence electrons. The van der Waals surface area contributed by atoms with Crippen molar-refractivity contribution < 1.29 is 14.3 Å². The van der Waals surface area contributed by atoms with Gasteiger partial charge in [0.2, 0.25) is 0 Å². The van der Waals surface area contributed by atoms with Crippen LogP contribution in [0.1, 0.15) is 52.0 Å². The molecule has 0 aromatic heterocycles. The number of fused-ring (bicyclic) bond motifs is 2. The predicted molar refractivity (Wildman–Crippen MR) is 102 cm³/mol. The Balaban J connectivity index is 1.52. The molecule has 0 N–H and O–H groups in total. The summed E-state index contributed by atoms with van der Waals surface area (Å²) in [6.07, 6.45) is 8.16. The first-order chi connectivity index (χ1) is 12.4. The number of carbonyl (C=O) groups excluding carboxylic acids is 1. The van der Waals surface area contributed by atoms with Crippen molar-refractivity contribution in [3.8, 4) is 0 Å². The minimum atomic E-state index is -0.122. The largest absolute Gasteiger partial charge is 0.462 e. The Morgan fingerprint density at radius 1 is 1.12 bits per heavy atom. The molecular formula is C23H30O3. The topological polar surface area (TPSA) is 35.5 Å². The molecule has 1 saturated heterocycles. The first kappa shape index (κ1) is 17.8. The van der Waals surface area contributed by atoms with Crippen molar-refractivity contribution in [3.05, 3.63) is 48.0 Å². The second kappa shape index (κ2) is 6.84. The SMILES string of the molecule is C[C@@H]1CC[C@@H](C(C)(C)c2ccccc2)[C@H](OC(=O)[C@H]2C[C@@H]3C=C[C@H]2O3)C1. The van der Waals surface area contributed by atoms with Crippen LogP contribution in [0.15, 0.2) is 42.5 Å². The fourth-order valence-corrected chi connectivity index (χ4v) is 5.11. The van der Waals surface area contributed by atoms with Crippen LogP contribution in [0.3, 0.4) is 0 Å². The van der Waals surface area contributed by atoms with Crippen molar-refractivity contribution in [2.75, 3.05) is 0 Å². The monoisotopic (exact) mass is 354 g/mol. The second-order valence-corrected chi connectivity index (χ2v) is 8.95. The van der Waals surface area contributed by atoms with E-state index in [1.807, 2.05) is 6.08 Å². The van der Waals surface area contributed by atoms with E-state index in [4.69, 9.17) is 9.47 Å². The summed E-state index contributed by atoms with van der Waals surface area (Å²) in [4.78, 5) is 12.9. The molecule has 4 rings (SSSR count). The highest BCUT2D eigenvalue weighted by molar-refractivity contribution is 5.74. The van der Waals surface area contributed by atoms with Gasteiger partial charge in [0, 0.05) is 5.92 Å². The van der Waals surface area contributed by atoms with Crippen LogP contribution in [-0.2, 0) is 19.7 Å². The summed E-state index contributed by atoms with van der Waals surface area (Å²) in [6.45, 7) is 6.87. The van der Waals surface area contributed by atoms with E-state index in [0.29, 0.717) is 11.8 Å². The third-order valence-electron chi connectivity index (χ3n) is 6.80. The molecule has 0 amide bonds. The van der Waals surface area contributed by atoms with Crippen LogP contribution in [0.2, 0.25) is 0 Å². The van der Waals surface area contributed by atoms with Gasteiger partial charge in [0.15, 0.2) is 0 Å². The van der Waals surface area contributed by atoms with E-state index in [1.165, 1.54) is 12.0 Å². The van der Waals surface area contributed by atoms with Gasteiger partial charge in [-0.3, -0.25) is 4.79 Å². The third-order valence-corrected chi connectivity index (χ3v) is 6.80. The smallest absolute Gasteiger partial charge is 0.312 e. The van der Waals surface area contributed by atoms with Crippen LogP contribution in [-0.4, -0.2) is 24.3 Å². The van der Waals surface area contributed by atoms with Gasteiger partial charge in [-0.2, -0.15) is 0 Å². The first-order valence-corrected chi connectivity index (χ1v) is 10.0. The van der Waals surface area contributed by atoms with E-state index >= 15 is 0 Å². The fraction of sp³-hybridized carbons (Fsp3) is 0.609. The van der Waals surface area contributed by atoms with Gasteiger partial charge in [0.05, 0.1) is 18.1 Å². The number of hydrogen-bond acceptors (Lipinski definition) is 3. The van der Waals surface area contributed by atoms with Gasteiger partial charge >= 0.3 is 5.97 Å². The molecule has 6 atom stereocenters. The van der Waals surface area contributed by atoms with Gasteiger partial charge < -0.3 is 9.47 Å². The van der Waals surface area contributed by atoms with Crippen molar-refractivity contribution in [2.45, 2.75) is 70.2 Å². The number of rotatable bonds is 4. The first-order valence-electron chi connectivity index (χ1n) is 10.0. The summed E-state index contributed by atoms with van der Waals surface area (Å²) in [7, 11) is 0. The Morgan fingerprint density at radius 2 is 1.88 bits per heavy atom. The maximum Gasteiger partial charge on any atom is 0.312 e. The molecule has 0 spiro atoms. The molecule has 26 heavy (non-hydrogen) atoms. The lowest BCUT2D eigenvalue weighted by Crippen LogP contribution is -2.44.